The molecule has 1 aliphatic rings. The number of halogens is 1. The molecule has 0 fully saturated rings. The zero-order chi connectivity index (χ0) is 21.7. The number of hydrogen-bond acceptors (Lipinski definition) is 5. The molecule has 0 unspecified atom stereocenters. The number of aromatic nitrogens is 1. The maximum atomic E-state index is 5.89. The highest BCUT2D eigenvalue weighted by Crippen LogP contribution is 2.50. The van der Waals surface area contributed by atoms with Crippen molar-refractivity contribution >= 4 is 32.3 Å². The highest BCUT2D eigenvalue weighted by Gasteiger charge is 2.26. The Morgan fingerprint density at radius 2 is 1.19 bits per heavy atom. The van der Waals surface area contributed by atoms with Gasteiger partial charge < -0.3 is 40.7 Å². The lowest BCUT2D eigenvalue weighted by atomic mass is 9.93. The molecule has 1 aromatic heterocycles. The molecule has 3 aromatic carbocycles. The first kappa shape index (κ1) is 22.3. The van der Waals surface area contributed by atoms with Crippen LogP contribution in [-0.4, -0.2) is 35.5 Å². The van der Waals surface area contributed by atoms with E-state index in [4.69, 9.17) is 23.7 Å². The molecule has 0 atom stereocenters. The van der Waals surface area contributed by atoms with E-state index in [9.17, 15) is 0 Å². The lowest BCUT2D eigenvalue weighted by Crippen LogP contribution is -3.00. The van der Waals surface area contributed by atoms with Crippen LogP contribution >= 0.6 is 0 Å². The van der Waals surface area contributed by atoms with Crippen molar-refractivity contribution in [1.29, 1.82) is 0 Å². The molecule has 5 rings (SSSR count). The number of hydrogen-bond donors (Lipinski definition) is 0. The second-order valence-electron chi connectivity index (χ2n) is 7.71. The summed E-state index contributed by atoms with van der Waals surface area (Å²) in [5.41, 5.74) is 1.34. The summed E-state index contributed by atoms with van der Waals surface area (Å²) < 4.78 is 30.9. The standard InChI is InChI=1S/C25H26NO5.BrH/c1-27-20-10-16-17(11-21(20)28-2)23-18(12-22(29-3)24(30-4)25(23)31-5)15-9-14-7-6-8-26(14)13-19(15)16;/h9-13H,6-8H2,1-5H3;1H/q+1;/p-1. The van der Waals surface area contributed by atoms with Crippen LogP contribution < -0.4 is 45.2 Å². The molecule has 6 nitrogen and oxygen atoms in total. The predicted molar refractivity (Wildman–Crippen MR) is 120 cm³/mol. The van der Waals surface area contributed by atoms with Gasteiger partial charge in [-0.3, -0.25) is 0 Å². The summed E-state index contributed by atoms with van der Waals surface area (Å²) in [4.78, 5) is 0. The van der Waals surface area contributed by atoms with Crippen molar-refractivity contribution in [3.05, 3.63) is 36.2 Å². The molecular weight excluding hydrogens is 474 g/mol. The van der Waals surface area contributed by atoms with Crippen LogP contribution in [0.5, 0.6) is 28.7 Å². The first-order chi connectivity index (χ1) is 15.1. The Bertz CT molecular complexity index is 1350. The van der Waals surface area contributed by atoms with Gasteiger partial charge in [0, 0.05) is 35.1 Å². The van der Waals surface area contributed by atoms with E-state index in [1.807, 2.05) is 18.2 Å². The summed E-state index contributed by atoms with van der Waals surface area (Å²) in [6.07, 6.45) is 4.49. The van der Waals surface area contributed by atoms with Gasteiger partial charge in [0.15, 0.2) is 34.9 Å². The van der Waals surface area contributed by atoms with E-state index in [1.54, 1.807) is 35.5 Å². The molecule has 0 aliphatic carbocycles. The third kappa shape index (κ3) is 3.10. The van der Waals surface area contributed by atoms with Crippen LogP contribution in [0.3, 0.4) is 0 Å². The fourth-order valence-electron chi connectivity index (χ4n) is 4.87. The molecule has 0 N–H and O–H groups in total. The fourth-order valence-corrected chi connectivity index (χ4v) is 4.87. The normalized spacial score (nSPS) is 12.5. The summed E-state index contributed by atoms with van der Waals surface area (Å²) in [5, 5.41) is 6.42. The SMILES string of the molecule is COc1cc2c3c[n+]4c(cc3c3cc(OC)c(OC)c(OC)c3c2cc1OC)CCC4.[Br-]. The molecule has 0 radical (unpaired) electrons. The Kier molecular flexibility index (Phi) is 5.95. The number of nitrogens with zero attached hydrogens (tertiary/aromatic N) is 1. The fraction of sp³-hybridized carbons (Fsp3) is 0.320. The lowest BCUT2D eigenvalue weighted by molar-refractivity contribution is -0.689. The quantitative estimate of drug-likeness (QED) is 0.307. The molecule has 0 saturated heterocycles. The summed E-state index contributed by atoms with van der Waals surface area (Å²) in [6, 6.07) is 8.41. The minimum atomic E-state index is 0. The summed E-state index contributed by atoms with van der Waals surface area (Å²) >= 11 is 0. The van der Waals surface area contributed by atoms with Crippen LogP contribution in [0.15, 0.2) is 30.5 Å². The molecule has 2 heterocycles. The van der Waals surface area contributed by atoms with Gasteiger partial charge in [-0.25, -0.2) is 4.57 Å². The van der Waals surface area contributed by atoms with Crippen LogP contribution in [0.4, 0.5) is 0 Å². The first-order valence-corrected chi connectivity index (χ1v) is 10.3. The van der Waals surface area contributed by atoms with Crippen LogP contribution in [0, 0.1) is 0 Å². The zero-order valence-corrected chi connectivity index (χ0v) is 20.5. The van der Waals surface area contributed by atoms with Crippen molar-refractivity contribution in [3.63, 3.8) is 0 Å². The Hall–Kier alpha value is -2.93. The summed E-state index contributed by atoms with van der Waals surface area (Å²) in [7, 11) is 8.24. The number of benzene rings is 3. The summed E-state index contributed by atoms with van der Waals surface area (Å²) in [6.45, 7) is 1.04. The lowest BCUT2D eigenvalue weighted by Gasteiger charge is -2.19. The average molecular weight is 500 g/mol. The van der Waals surface area contributed by atoms with Crippen molar-refractivity contribution in [2.24, 2.45) is 0 Å². The molecule has 7 heteroatoms. The minimum absolute atomic E-state index is 0. The number of pyridine rings is 1. The average Bonchev–Trinajstić information content (AvgIpc) is 3.28. The number of aryl methyl sites for hydroxylation is 2. The molecule has 0 amide bonds. The first-order valence-electron chi connectivity index (χ1n) is 10.3. The van der Waals surface area contributed by atoms with Gasteiger partial charge in [-0.15, -0.1) is 0 Å². The van der Waals surface area contributed by atoms with E-state index in [0.717, 1.165) is 51.7 Å². The molecule has 168 valence electrons. The number of rotatable bonds is 5. The Morgan fingerprint density at radius 3 is 1.78 bits per heavy atom. The topological polar surface area (TPSA) is 50.0 Å². The van der Waals surface area contributed by atoms with Gasteiger partial charge in [-0.1, -0.05) is 0 Å². The van der Waals surface area contributed by atoms with Gasteiger partial charge in [0.05, 0.1) is 40.9 Å². The van der Waals surface area contributed by atoms with Gasteiger partial charge in [0.25, 0.3) is 0 Å². The Labute approximate surface area is 197 Å². The van der Waals surface area contributed by atoms with Crippen molar-refractivity contribution < 1.29 is 45.2 Å². The largest absolute Gasteiger partial charge is 1.00 e. The molecule has 0 spiro atoms. The van der Waals surface area contributed by atoms with E-state index in [-0.39, 0.29) is 17.0 Å². The van der Waals surface area contributed by atoms with E-state index in [2.05, 4.69) is 16.8 Å². The number of fused-ring (bicyclic) bond motifs is 7. The second-order valence-corrected chi connectivity index (χ2v) is 7.71. The van der Waals surface area contributed by atoms with E-state index >= 15 is 0 Å². The Morgan fingerprint density at radius 1 is 0.625 bits per heavy atom. The van der Waals surface area contributed by atoms with Crippen molar-refractivity contribution in [2.75, 3.05) is 35.5 Å². The molecule has 0 saturated carbocycles. The van der Waals surface area contributed by atoms with Crippen molar-refractivity contribution in [2.45, 2.75) is 19.4 Å². The van der Waals surface area contributed by atoms with E-state index in [0.29, 0.717) is 28.7 Å². The monoisotopic (exact) mass is 499 g/mol. The zero-order valence-electron chi connectivity index (χ0n) is 18.9. The minimum Gasteiger partial charge on any atom is -1.00 e. The predicted octanol–water partition coefficient (Wildman–Crippen LogP) is 1.43. The maximum absolute atomic E-state index is 5.89. The molecule has 1 aliphatic heterocycles. The third-order valence-corrected chi connectivity index (χ3v) is 6.29. The van der Waals surface area contributed by atoms with Crippen LogP contribution in [0.25, 0.3) is 32.3 Å². The molecule has 0 bridgehead atoms. The van der Waals surface area contributed by atoms with Gasteiger partial charge in [0.1, 0.15) is 6.54 Å². The van der Waals surface area contributed by atoms with Gasteiger partial charge >= 0.3 is 0 Å². The van der Waals surface area contributed by atoms with Gasteiger partial charge in [-0.05, 0) is 29.0 Å². The second kappa shape index (κ2) is 8.54. The van der Waals surface area contributed by atoms with Crippen LogP contribution in [0.2, 0.25) is 0 Å². The van der Waals surface area contributed by atoms with Gasteiger partial charge in [0.2, 0.25) is 5.75 Å². The maximum Gasteiger partial charge on any atom is 0.203 e. The van der Waals surface area contributed by atoms with Crippen LogP contribution in [0.1, 0.15) is 12.1 Å². The van der Waals surface area contributed by atoms with Crippen molar-refractivity contribution in [1.82, 2.24) is 0 Å². The van der Waals surface area contributed by atoms with Crippen molar-refractivity contribution in [3.8, 4) is 28.7 Å². The van der Waals surface area contributed by atoms with Gasteiger partial charge in [-0.2, -0.15) is 0 Å². The smallest absolute Gasteiger partial charge is 0.203 e. The third-order valence-electron chi connectivity index (χ3n) is 6.29. The highest BCUT2D eigenvalue weighted by atomic mass is 79.9. The van der Waals surface area contributed by atoms with E-state index < -0.39 is 0 Å². The highest BCUT2D eigenvalue weighted by molar-refractivity contribution is 6.27. The molecule has 4 aromatic rings. The Balaban J connectivity index is 0.00000245. The number of ether oxygens (including phenoxy) is 5. The molecular formula is C25H26BrNO5. The number of methoxy groups -OCH3 is 5. The van der Waals surface area contributed by atoms with Crippen LogP contribution in [-0.2, 0) is 13.0 Å². The van der Waals surface area contributed by atoms with E-state index in [1.165, 1.54) is 5.69 Å². The molecule has 32 heavy (non-hydrogen) atoms. The summed E-state index contributed by atoms with van der Waals surface area (Å²) in [5.74, 6) is 3.22.